The molecule has 0 atom stereocenters. The predicted molar refractivity (Wildman–Crippen MR) is 188 cm³/mol. The number of fused-ring (bicyclic) bond motifs is 4. The molecule has 0 aliphatic heterocycles. The summed E-state index contributed by atoms with van der Waals surface area (Å²) >= 11 is 0. The molecule has 3 heterocycles. The predicted octanol–water partition coefficient (Wildman–Crippen LogP) is 11.0. The minimum atomic E-state index is 0.645. The molecule has 0 aliphatic rings. The third-order valence-electron chi connectivity index (χ3n) is 8.63. The summed E-state index contributed by atoms with van der Waals surface area (Å²) in [6.45, 7) is 0. The van der Waals surface area contributed by atoms with Crippen LogP contribution in [0.15, 0.2) is 168 Å². The fraction of sp³-hybridized carbons (Fsp3) is 0. The van der Waals surface area contributed by atoms with E-state index in [0.29, 0.717) is 11.6 Å². The zero-order valence-electron chi connectivity index (χ0n) is 24.8. The molecule has 216 valence electrons. The Morgan fingerprint density at radius 2 is 1.07 bits per heavy atom. The lowest BCUT2D eigenvalue weighted by Gasteiger charge is -2.11. The monoisotopic (exact) mass is 589 g/mol. The Labute approximate surface area is 265 Å². The van der Waals surface area contributed by atoms with E-state index in [2.05, 4.69) is 138 Å². The van der Waals surface area contributed by atoms with Crippen LogP contribution in [0, 0.1) is 0 Å². The van der Waals surface area contributed by atoms with Crippen molar-refractivity contribution >= 4 is 32.8 Å². The number of hydrogen-bond acceptors (Lipinski definition) is 3. The molecule has 0 spiro atoms. The molecule has 0 unspecified atom stereocenters. The van der Waals surface area contributed by atoms with E-state index < -0.39 is 0 Å². The van der Waals surface area contributed by atoms with Crippen LogP contribution < -0.4 is 0 Å². The standard InChI is InChI=1S/C42H27N3O/c1-2-11-28(12-3-1)30-14-10-15-31(25-30)36-27-37(41-26-32-13-4-9-20-40(32)46-41)44-42(43-36)29-21-23-33(24-22-29)45-38-18-7-5-16-34(38)35-17-6-8-19-39(35)45/h1-27H. The summed E-state index contributed by atoms with van der Waals surface area (Å²) in [5, 5.41) is 3.53. The van der Waals surface area contributed by atoms with Crippen molar-refractivity contribution in [2.24, 2.45) is 0 Å². The van der Waals surface area contributed by atoms with Crippen molar-refractivity contribution in [1.29, 1.82) is 0 Å². The molecule has 0 saturated carbocycles. The molecule has 0 radical (unpaired) electrons. The van der Waals surface area contributed by atoms with E-state index in [4.69, 9.17) is 14.4 Å². The first-order valence-corrected chi connectivity index (χ1v) is 15.4. The molecule has 0 aliphatic carbocycles. The van der Waals surface area contributed by atoms with Gasteiger partial charge in [-0.3, -0.25) is 0 Å². The average molecular weight is 590 g/mol. The Bertz CT molecular complexity index is 2440. The van der Waals surface area contributed by atoms with Crippen molar-refractivity contribution in [3.05, 3.63) is 164 Å². The highest BCUT2D eigenvalue weighted by atomic mass is 16.3. The fourth-order valence-corrected chi connectivity index (χ4v) is 6.41. The van der Waals surface area contributed by atoms with Gasteiger partial charge in [0.25, 0.3) is 0 Å². The normalized spacial score (nSPS) is 11.5. The lowest BCUT2D eigenvalue weighted by molar-refractivity contribution is 0.628. The van der Waals surface area contributed by atoms with Crippen molar-refractivity contribution in [1.82, 2.24) is 14.5 Å². The number of para-hydroxylation sites is 3. The van der Waals surface area contributed by atoms with E-state index >= 15 is 0 Å². The van der Waals surface area contributed by atoms with Gasteiger partial charge in [0.1, 0.15) is 11.3 Å². The minimum absolute atomic E-state index is 0.645. The van der Waals surface area contributed by atoms with Gasteiger partial charge < -0.3 is 8.98 Å². The van der Waals surface area contributed by atoms with Crippen molar-refractivity contribution in [3.8, 4) is 50.9 Å². The zero-order valence-corrected chi connectivity index (χ0v) is 24.8. The third-order valence-corrected chi connectivity index (χ3v) is 8.63. The molecule has 46 heavy (non-hydrogen) atoms. The highest BCUT2D eigenvalue weighted by molar-refractivity contribution is 6.09. The maximum atomic E-state index is 6.29. The number of rotatable bonds is 5. The Morgan fingerprint density at radius 3 is 1.83 bits per heavy atom. The fourth-order valence-electron chi connectivity index (χ4n) is 6.41. The molecule has 4 nitrogen and oxygen atoms in total. The van der Waals surface area contributed by atoms with Crippen LogP contribution in [0.4, 0.5) is 0 Å². The quantitative estimate of drug-likeness (QED) is 0.201. The van der Waals surface area contributed by atoms with Crippen molar-refractivity contribution in [3.63, 3.8) is 0 Å². The molecular weight excluding hydrogens is 562 g/mol. The lowest BCUT2D eigenvalue weighted by Crippen LogP contribution is -1.97. The Kier molecular flexibility index (Phi) is 6.10. The Hall–Kier alpha value is -6.26. The van der Waals surface area contributed by atoms with Gasteiger partial charge in [0.05, 0.1) is 16.7 Å². The van der Waals surface area contributed by atoms with Gasteiger partial charge in [-0.15, -0.1) is 0 Å². The summed E-state index contributed by atoms with van der Waals surface area (Å²) in [5.74, 6) is 1.36. The van der Waals surface area contributed by atoms with E-state index in [9.17, 15) is 0 Å². The molecule has 0 amide bonds. The summed E-state index contributed by atoms with van der Waals surface area (Å²) in [6, 6.07) is 56.7. The van der Waals surface area contributed by atoms with Crippen molar-refractivity contribution in [2.75, 3.05) is 0 Å². The summed E-state index contributed by atoms with van der Waals surface area (Å²) in [7, 11) is 0. The first kappa shape index (κ1) is 26.2. The van der Waals surface area contributed by atoms with Gasteiger partial charge >= 0.3 is 0 Å². The number of furan rings is 1. The van der Waals surface area contributed by atoms with E-state index in [1.807, 2.05) is 30.3 Å². The molecular formula is C42H27N3O. The topological polar surface area (TPSA) is 43.9 Å². The van der Waals surface area contributed by atoms with Gasteiger partial charge in [0.15, 0.2) is 11.6 Å². The molecule has 0 fully saturated rings. The Balaban J connectivity index is 1.18. The molecule has 9 aromatic rings. The second-order valence-electron chi connectivity index (χ2n) is 11.5. The van der Waals surface area contributed by atoms with E-state index in [1.165, 1.54) is 21.8 Å². The largest absolute Gasteiger partial charge is 0.454 e. The van der Waals surface area contributed by atoms with Crippen LogP contribution in [0.25, 0.3) is 83.7 Å². The second-order valence-corrected chi connectivity index (χ2v) is 11.5. The molecule has 9 rings (SSSR count). The molecule has 6 aromatic carbocycles. The van der Waals surface area contributed by atoms with Crippen molar-refractivity contribution in [2.45, 2.75) is 0 Å². The number of benzene rings is 6. The summed E-state index contributed by atoms with van der Waals surface area (Å²) in [5.41, 5.74) is 10.1. The molecule has 0 bridgehead atoms. The minimum Gasteiger partial charge on any atom is -0.454 e. The van der Waals surface area contributed by atoms with Crippen LogP contribution in [-0.4, -0.2) is 14.5 Å². The van der Waals surface area contributed by atoms with Gasteiger partial charge in [0, 0.05) is 33.0 Å². The molecule has 0 saturated heterocycles. The highest BCUT2D eigenvalue weighted by Gasteiger charge is 2.16. The van der Waals surface area contributed by atoms with Gasteiger partial charge in [-0.25, -0.2) is 9.97 Å². The second kappa shape index (κ2) is 10.7. The van der Waals surface area contributed by atoms with Crippen LogP contribution in [0.1, 0.15) is 0 Å². The third kappa shape index (κ3) is 4.47. The van der Waals surface area contributed by atoms with Gasteiger partial charge in [-0.2, -0.15) is 0 Å². The highest BCUT2D eigenvalue weighted by Crippen LogP contribution is 2.35. The van der Waals surface area contributed by atoms with Crippen LogP contribution >= 0.6 is 0 Å². The van der Waals surface area contributed by atoms with Crippen LogP contribution in [0.2, 0.25) is 0 Å². The smallest absolute Gasteiger partial charge is 0.160 e. The molecule has 3 aromatic heterocycles. The van der Waals surface area contributed by atoms with E-state index in [0.717, 1.165) is 50.3 Å². The molecule has 0 N–H and O–H groups in total. The maximum Gasteiger partial charge on any atom is 0.160 e. The van der Waals surface area contributed by atoms with Gasteiger partial charge in [-0.05, 0) is 71.8 Å². The Morgan fingerprint density at radius 1 is 0.435 bits per heavy atom. The summed E-state index contributed by atoms with van der Waals surface area (Å²) in [6.07, 6.45) is 0. The summed E-state index contributed by atoms with van der Waals surface area (Å²) in [4.78, 5) is 10.2. The maximum absolute atomic E-state index is 6.29. The van der Waals surface area contributed by atoms with Crippen molar-refractivity contribution < 1.29 is 4.42 Å². The van der Waals surface area contributed by atoms with Gasteiger partial charge in [0.2, 0.25) is 0 Å². The first-order valence-electron chi connectivity index (χ1n) is 15.4. The summed E-state index contributed by atoms with van der Waals surface area (Å²) < 4.78 is 8.61. The number of hydrogen-bond donors (Lipinski definition) is 0. The SMILES string of the molecule is c1ccc(-c2cccc(-c3cc(-c4cc5ccccc5o4)nc(-c4ccc(-n5c6ccccc6c6ccccc65)cc4)n3)c2)cc1. The first-order chi connectivity index (χ1) is 22.8. The van der Waals surface area contributed by atoms with Crippen LogP contribution in [0.3, 0.4) is 0 Å². The van der Waals surface area contributed by atoms with E-state index in [1.54, 1.807) is 0 Å². The molecule has 4 heteroatoms. The number of nitrogens with zero attached hydrogens (tertiary/aromatic N) is 3. The lowest BCUT2D eigenvalue weighted by atomic mass is 10.0. The average Bonchev–Trinajstić information content (AvgIpc) is 3.72. The number of aromatic nitrogens is 3. The van der Waals surface area contributed by atoms with Crippen LogP contribution in [-0.2, 0) is 0 Å². The van der Waals surface area contributed by atoms with Gasteiger partial charge in [-0.1, -0.05) is 103 Å². The van der Waals surface area contributed by atoms with Crippen LogP contribution in [0.5, 0.6) is 0 Å². The van der Waals surface area contributed by atoms with E-state index in [-0.39, 0.29) is 0 Å². The zero-order chi connectivity index (χ0) is 30.5.